The first-order valence-electron chi connectivity index (χ1n) is 8.29. The van der Waals surface area contributed by atoms with Crippen molar-refractivity contribution in [2.24, 2.45) is 0 Å². The second-order valence-electron chi connectivity index (χ2n) is 5.47. The summed E-state index contributed by atoms with van der Waals surface area (Å²) in [4.78, 5) is 23.4. The lowest BCUT2D eigenvalue weighted by Crippen LogP contribution is -2.21. The van der Waals surface area contributed by atoms with Gasteiger partial charge in [-0.3, -0.25) is 9.59 Å². The molecule has 1 unspecified atom stereocenters. The molecule has 0 saturated heterocycles. The number of hydrogen-bond acceptors (Lipinski definition) is 4. The molecule has 0 bridgehead atoms. The van der Waals surface area contributed by atoms with Crippen LogP contribution in [0, 0.1) is 0 Å². The number of rotatable bonds is 8. The van der Waals surface area contributed by atoms with E-state index in [-0.39, 0.29) is 13.0 Å². The predicted octanol–water partition coefficient (Wildman–Crippen LogP) is 3.81. The monoisotopic (exact) mass is 338 g/mol. The molecule has 0 fully saturated rings. The van der Waals surface area contributed by atoms with Gasteiger partial charge in [-0.15, -0.1) is 0 Å². The molecule has 2 aromatic rings. The molecule has 0 aliphatic carbocycles. The third kappa shape index (κ3) is 7.04. The number of ether oxygens (including phenoxy) is 2. The average Bonchev–Trinajstić information content (AvgIpc) is 2.61. The number of benzene rings is 2. The molecular weight excluding hydrogens is 316 g/mol. The van der Waals surface area contributed by atoms with Gasteiger partial charge in [0.2, 0.25) is 0 Å². The molecule has 0 saturated carbocycles. The Bertz CT molecular complexity index is 692. The summed E-state index contributed by atoms with van der Waals surface area (Å²) in [6.07, 6.45) is 3.46. The first-order chi connectivity index (χ1) is 12.2. The van der Waals surface area contributed by atoms with Crippen LogP contribution in [0.4, 0.5) is 0 Å². The highest BCUT2D eigenvalue weighted by atomic mass is 16.6. The summed E-state index contributed by atoms with van der Waals surface area (Å²) in [6, 6.07) is 19.5. The maximum atomic E-state index is 12.0. The van der Waals surface area contributed by atoms with Gasteiger partial charge in [0, 0.05) is 6.42 Å². The molecule has 0 spiro atoms. The van der Waals surface area contributed by atoms with E-state index in [1.54, 1.807) is 6.92 Å². The maximum absolute atomic E-state index is 12.0. The fourth-order valence-corrected chi connectivity index (χ4v) is 2.32. The molecule has 0 heterocycles. The largest absolute Gasteiger partial charge is 0.466 e. The van der Waals surface area contributed by atoms with Gasteiger partial charge in [-0.05, 0) is 24.1 Å². The lowest BCUT2D eigenvalue weighted by Gasteiger charge is -2.14. The van der Waals surface area contributed by atoms with Crippen LogP contribution in [-0.4, -0.2) is 24.6 Å². The number of carbonyl (C=O) groups excluding carboxylic acids is 2. The number of esters is 2. The molecule has 0 aliphatic rings. The molecule has 2 aromatic carbocycles. The summed E-state index contributed by atoms with van der Waals surface area (Å²) in [5.41, 5.74) is 2.07. The van der Waals surface area contributed by atoms with Crippen LogP contribution in [0.25, 0.3) is 6.08 Å². The van der Waals surface area contributed by atoms with Crippen molar-refractivity contribution in [1.29, 1.82) is 0 Å². The van der Waals surface area contributed by atoms with E-state index in [9.17, 15) is 9.59 Å². The molecule has 4 heteroatoms. The van der Waals surface area contributed by atoms with Crippen molar-refractivity contribution >= 4 is 18.0 Å². The van der Waals surface area contributed by atoms with Crippen LogP contribution in [0.3, 0.4) is 0 Å². The van der Waals surface area contributed by atoms with E-state index in [0.29, 0.717) is 6.42 Å². The van der Waals surface area contributed by atoms with E-state index in [2.05, 4.69) is 0 Å². The zero-order valence-electron chi connectivity index (χ0n) is 14.3. The van der Waals surface area contributed by atoms with E-state index in [4.69, 9.17) is 9.47 Å². The molecule has 0 amide bonds. The molecule has 0 N–H and O–H groups in total. The van der Waals surface area contributed by atoms with Gasteiger partial charge in [0.15, 0.2) is 0 Å². The molecule has 4 nitrogen and oxygen atoms in total. The zero-order chi connectivity index (χ0) is 17.9. The minimum atomic E-state index is -0.586. The second-order valence-corrected chi connectivity index (χ2v) is 5.47. The summed E-state index contributed by atoms with van der Waals surface area (Å²) < 4.78 is 10.3. The van der Waals surface area contributed by atoms with E-state index >= 15 is 0 Å². The Labute approximate surface area is 148 Å². The molecule has 1 atom stereocenters. The molecule has 0 radical (unpaired) electrons. The topological polar surface area (TPSA) is 52.6 Å². The van der Waals surface area contributed by atoms with E-state index in [1.165, 1.54) is 0 Å². The van der Waals surface area contributed by atoms with Crippen molar-refractivity contribution < 1.29 is 19.1 Å². The van der Waals surface area contributed by atoms with Gasteiger partial charge >= 0.3 is 11.9 Å². The Hall–Kier alpha value is -2.88. The fourth-order valence-electron chi connectivity index (χ4n) is 2.32. The van der Waals surface area contributed by atoms with Crippen LogP contribution in [0.2, 0.25) is 0 Å². The quantitative estimate of drug-likeness (QED) is 0.542. The highest BCUT2D eigenvalue weighted by molar-refractivity contribution is 5.91. The standard InChI is InChI=1S/C21H22O4/c1-2-24-20(22)16-21(23)25-19(15-18-11-7-4-8-12-18)14-13-17-9-5-3-6-10-17/h3-14,19H,2,15-16H2,1H3/b14-13+. The minimum Gasteiger partial charge on any atom is -0.466 e. The second kappa shape index (κ2) is 10.1. The van der Waals surface area contributed by atoms with Crippen LogP contribution in [0.15, 0.2) is 66.7 Å². The first kappa shape index (κ1) is 18.5. The number of carbonyl (C=O) groups is 2. The van der Waals surface area contributed by atoms with Crippen molar-refractivity contribution in [2.45, 2.75) is 25.9 Å². The normalized spacial score (nSPS) is 11.9. The van der Waals surface area contributed by atoms with Gasteiger partial charge in [-0.25, -0.2) is 0 Å². The minimum absolute atomic E-state index is 0.244. The van der Waals surface area contributed by atoms with E-state index < -0.39 is 18.0 Å². The van der Waals surface area contributed by atoms with Gasteiger partial charge in [0.1, 0.15) is 12.5 Å². The number of hydrogen-bond donors (Lipinski definition) is 0. The van der Waals surface area contributed by atoms with Gasteiger partial charge in [0.25, 0.3) is 0 Å². The average molecular weight is 338 g/mol. The molecular formula is C21H22O4. The summed E-state index contributed by atoms with van der Waals surface area (Å²) in [5, 5.41) is 0. The third-order valence-electron chi connectivity index (χ3n) is 3.46. The van der Waals surface area contributed by atoms with Crippen LogP contribution in [-0.2, 0) is 25.5 Å². The Morgan fingerprint density at radius 1 is 0.960 bits per heavy atom. The smallest absolute Gasteiger partial charge is 0.317 e. The van der Waals surface area contributed by atoms with Gasteiger partial charge in [0.05, 0.1) is 6.61 Å². The highest BCUT2D eigenvalue weighted by Gasteiger charge is 2.16. The van der Waals surface area contributed by atoms with Crippen molar-refractivity contribution in [3.63, 3.8) is 0 Å². The van der Waals surface area contributed by atoms with Crippen molar-refractivity contribution in [1.82, 2.24) is 0 Å². The fraction of sp³-hybridized carbons (Fsp3) is 0.238. The highest BCUT2D eigenvalue weighted by Crippen LogP contribution is 2.11. The summed E-state index contributed by atoms with van der Waals surface area (Å²) >= 11 is 0. The molecule has 25 heavy (non-hydrogen) atoms. The van der Waals surface area contributed by atoms with Crippen LogP contribution >= 0.6 is 0 Å². The molecule has 0 aliphatic heterocycles. The summed E-state index contributed by atoms with van der Waals surface area (Å²) in [7, 11) is 0. The van der Waals surface area contributed by atoms with E-state index in [0.717, 1.165) is 11.1 Å². The predicted molar refractivity (Wildman–Crippen MR) is 96.8 cm³/mol. The summed E-state index contributed by atoms with van der Waals surface area (Å²) in [5.74, 6) is -1.16. The zero-order valence-corrected chi connectivity index (χ0v) is 14.3. The lowest BCUT2D eigenvalue weighted by molar-refractivity contribution is -0.156. The van der Waals surface area contributed by atoms with E-state index in [1.807, 2.05) is 72.8 Å². The maximum Gasteiger partial charge on any atom is 0.317 e. The van der Waals surface area contributed by atoms with Gasteiger partial charge < -0.3 is 9.47 Å². The van der Waals surface area contributed by atoms with Crippen LogP contribution in [0.5, 0.6) is 0 Å². The Morgan fingerprint density at radius 3 is 2.24 bits per heavy atom. The van der Waals surface area contributed by atoms with Gasteiger partial charge in [-0.1, -0.05) is 66.7 Å². The van der Waals surface area contributed by atoms with Crippen LogP contribution < -0.4 is 0 Å². The Balaban J connectivity index is 2.04. The molecule has 130 valence electrons. The lowest BCUT2D eigenvalue weighted by atomic mass is 10.1. The Kier molecular flexibility index (Phi) is 7.44. The van der Waals surface area contributed by atoms with Crippen molar-refractivity contribution in [3.05, 3.63) is 77.9 Å². The SMILES string of the molecule is CCOC(=O)CC(=O)OC(/C=C/c1ccccc1)Cc1ccccc1. The molecule has 0 aromatic heterocycles. The first-order valence-corrected chi connectivity index (χ1v) is 8.29. The Morgan fingerprint density at radius 2 is 1.60 bits per heavy atom. The van der Waals surface area contributed by atoms with Crippen molar-refractivity contribution in [3.8, 4) is 0 Å². The summed E-state index contributed by atoms with van der Waals surface area (Å²) in [6.45, 7) is 1.94. The van der Waals surface area contributed by atoms with Crippen molar-refractivity contribution in [2.75, 3.05) is 6.61 Å². The molecule has 2 rings (SSSR count). The third-order valence-corrected chi connectivity index (χ3v) is 3.46. The van der Waals surface area contributed by atoms with Gasteiger partial charge in [-0.2, -0.15) is 0 Å². The van der Waals surface area contributed by atoms with Crippen LogP contribution in [0.1, 0.15) is 24.5 Å².